The van der Waals surface area contributed by atoms with Gasteiger partial charge in [0.05, 0.1) is 6.10 Å². The van der Waals surface area contributed by atoms with Gasteiger partial charge in [0.2, 0.25) is 0 Å². The number of aliphatic carboxylic acids is 2. The molecule has 5 heteroatoms. The van der Waals surface area contributed by atoms with Gasteiger partial charge in [0.15, 0.2) is 5.41 Å². The molecule has 0 aromatic rings. The van der Waals surface area contributed by atoms with Crippen molar-refractivity contribution >= 4 is 11.9 Å². The molecule has 0 aromatic carbocycles. The molecule has 1 spiro atoms. The molecule has 0 saturated heterocycles. The number of rotatable bonds is 2. The zero-order valence-corrected chi connectivity index (χ0v) is 7.56. The third-order valence-corrected chi connectivity index (χ3v) is 3.51. The number of hydrogen-bond acceptors (Lipinski definition) is 3. The Bertz CT molecular complexity index is 278. The van der Waals surface area contributed by atoms with Crippen LogP contribution in [0.15, 0.2) is 0 Å². The SMILES string of the molecule is O=C(O)C1(C(=O)O)CC2(CC(O)C2)C1. The molecule has 0 radical (unpaired) electrons. The van der Waals surface area contributed by atoms with Gasteiger partial charge in [0.1, 0.15) is 0 Å². The van der Waals surface area contributed by atoms with E-state index in [0.29, 0.717) is 12.8 Å². The van der Waals surface area contributed by atoms with Crippen molar-refractivity contribution in [2.45, 2.75) is 31.8 Å². The summed E-state index contributed by atoms with van der Waals surface area (Å²) in [5.74, 6) is -2.51. The predicted octanol–water partition coefficient (Wildman–Crippen LogP) is 0.0769. The maximum absolute atomic E-state index is 10.8. The molecule has 3 N–H and O–H groups in total. The molecule has 2 aliphatic carbocycles. The average Bonchev–Trinajstić information content (AvgIpc) is 1.91. The number of carboxylic acids is 2. The van der Waals surface area contributed by atoms with E-state index in [1.54, 1.807) is 0 Å². The Hall–Kier alpha value is -1.10. The van der Waals surface area contributed by atoms with E-state index in [2.05, 4.69) is 0 Å². The first-order valence-corrected chi connectivity index (χ1v) is 4.55. The fourth-order valence-electron chi connectivity index (χ4n) is 2.85. The van der Waals surface area contributed by atoms with Crippen molar-refractivity contribution < 1.29 is 24.9 Å². The average molecular weight is 200 g/mol. The van der Waals surface area contributed by atoms with Gasteiger partial charge in [0, 0.05) is 0 Å². The highest BCUT2D eigenvalue weighted by Crippen LogP contribution is 2.64. The molecule has 14 heavy (non-hydrogen) atoms. The van der Waals surface area contributed by atoms with Crippen LogP contribution >= 0.6 is 0 Å². The molecule has 0 atom stereocenters. The summed E-state index contributed by atoms with van der Waals surface area (Å²) in [5.41, 5.74) is -1.78. The second kappa shape index (κ2) is 2.48. The van der Waals surface area contributed by atoms with Crippen LogP contribution in [0.2, 0.25) is 0 Å². The van der Waals surface area contributed by atoms with Crippen LogP contribution in [0.25, 0.3) is 0 Å². The molecule has 2 fully saturated rings. The third kappa shape index (κ3) is 0.987. The van der Waals surface area contributed by atoms with Crippen LogP contribution < -0.4 is 0 Å². The van der Waals surface area contributed by atoms with E-state index in [9.17, 15) is 9.59 Å². The molecule has 2 rings (SSSR count). The summed E-state index contributed by atoms with van der Waals surface area (Å²) in [5, 5.41) is 26.8. The summed E-state index contributed by atoms with van der Waals surface area (Å²) >= 11 is 0. The Labute approximate surface area is 80.4 Å². The van der Waals surface area contributed by atoms with Crippen molar-refractivity contribution in [1.82, 2.24) is 0 Å². The van der Waals surface area contributed by atoms with Crippen molar-refractivity contribution in [1.29, 1.82) is 0 Å². The fourth-order valence-corrected chi connectivity index (χ4v) is 2.85. The largest absolute Gasteiger partial charge is 0.480 e. The Kier molecular flexibility index (Phi) is 1.67. The van der Waals surface area contributed by atoms with E-state index in [1.807, 2.05) is 0 Å². The Morgan fingerprint density at radius 1 is 1.07 bits per heavy atom. The lowest BCUT2D eigenvalue weighted by Gasteiger charge is -2.58. The van der Waals surface area contributed by atoms with Gasteiger partial charge >= 0.3 is 11.9 Å². The molecule has 0 bridgehead atoms. The fraction of sp³-hybridized carbons (Fsp3) is 0.778. The van der Waals surface area contributed by atoms with Gasteiger partial charge in [-0.05, 0) is 31.1 Å². The standard InChI is InChI=1S/C9H12O5/c10-5-1-8(2-5)3-9(4-8,6(11)12)7(13)14/h5,10H,1-4H2,(H,11,12)(H,13,14). The highest BCUT2D eigenvalue weighted by Gasteiger charge is 2.67. The zero-order chi connectivity index (χ0) is 10.6. The topological polar surface area (TPSA) is 94.8 Å². The molecule has 0 heterocycles. The molecular formula is C9H12O5. The summed E-state index contributed by atoms with van der Waals surface area (Å²) in [6.45, 7) is 0. The van der Waals surface area contributed by atoms with Gasteiger partial charge in [0.25, 0.3) is 0 Å². The van der Waals surface area contributed by atoms with Gasteiger partial charge in [-0.3, -0.25) is 9.59 Å². The molecule has 78 valence electrons. The van der Waals surface area contributed by atoms with Crippen LogP contribution in [0.3, 0.4) is 0 Å². The number of carbonyl (C=O) groups is 2. The molecule has 2 saturated carbocycles. The first-order valence-electron chi connectivity index (χ1n) is 4.55. The first-order chi connectivity index (χ1) is 6.40. The van der Waals surface area contributed by atoms with Crippen LogP contribution in [-0.4, -0.2) is 33.4 Å². The molecule has 2 aliphatic rings. The second-order valence-electron chi connectivity index (χ2n) is 4.61. The summed E-state index contributed by atoms with van der Waals surface area (Å²) in [6.07, 6.45) is 1.07. The highest BCUT2D eigenvalue weighted by molar-refractivity contribution is 5.99. The van der Waals surface area contributed by atoms with Crippen LogP contribution in [0.1, 0.15) is 25.7 Å². The van der Waals surface area contributed by atoms with Gasteiger partial charge in [-0.15, -0.1) is 0 Å². The summed E-state index contributed by atoms with van der Waals surface area (Å²) < 4.78 is 0. The van der Waals surface area contributed by atoms with Gasteiger partial charge in [-0.25, -0.2) is 0 Å². The van der Waals surface area contributed by atoms with Crippen LogP contribution in [0, 0.1) is 10.8 Å². The van der Waals surface area contributed by atoms with E-state index in [1.165, 1.54) is 0 Å². The molecular weight excluding hydrogens is 188 g/mol. The number of aliphatic hydroxyl groups is 1. The van der Waals surface area contributed by atoms with Crippen molar-refractivity contribution in [2.75, 3.05) is 0 Å². The lowest BCUT2D eigenvalue weighted by Crippen LogP contribution is -2.61. The minimum absolute atomic E-state index is 0.168. The van der Waals surface area contributed by atoms with Crippen molar-refractivity contribution in [2.24, 2.45) is 10.8 Å². The maximum Gasteiger partial charge on any atom is 0.321 e. The number of carboxylic acid groups (broad SMARTS) is 2. The van der Waals surface area contributed by atoms with Gasteiger partial charge < -0.3 is 15.3 Å². The predicted molar refractivity (Wildman–Crippen MR) is 44.6 cm³/mol. The Morgan fingerprint density at radius 2 is 1.50 bits per heavy atom. The summed E-state index contributed by atoms with van der Waals surface area (Å²) in [4.78, 5) is 21.6. The molecule has 0 amide bonds. The summed E-state index contributed by atoms with van der Waals surface area (Å²) in [7, 11) is 0. The van der Waals surface area contributed by atoms with Crippen LogP contribution in [0.4, 0.5) is 0 Å². The quantitative estimate of drug-likeness (QED) is 0.548. The van der Waals surface area contributed by atoms with E-state index in [4.69, 9.17) is 15.3 Å². The molecule has 0 unspecified atom stereocenters. The minimum atomic E-state index is -1.58. The number of aliphatic hydroxyl groups excluding tert-OH is 1. The van der Waals surface area contributed by atoms with Crippen LogP contribution in [0.5, 0.6) is 0 Å². The van der Waals surface area contributed by atoms with Gasteiger partial charge in [-0.2, -0.15) is 0 Å². The monoisotopic (exact) mass is 200 g/mol. The lowest BCUT2D eigenvalue weighted by atomic mass is 9.44. The lowest BCUT2D eigenvalue weighted by molar-refractivity contribution is -0.202. The third-order valence-electron chi connectivity index (χ3n) is 3.51. The van der Waals surface area contributed by atoms with Crippen molar-refractivity contribution in [3.63, 3.8) is 0 Å². The van der Waals surface area contributed by atoms with E-state index >= 15 is 0 Å². The normalized spacial score (nSPS) is 27.8. The summed E-state index contributed by atoms with van der Waals surface area (Å²) in [6, 6.07) is 0. The van der Waals surface area contributed by atoms with Crippen molar-refractivity contribution in [3.8, 4) is 0 Å². The minimum Gasteiger partial charge on any atom is -0.480 e. The van der Waals surface area contributed by atoms with Crippen LogP contribution in [-0.2, 0) is 9.59 Å². The first kappa shape index (κ1) is 9.45. The number of hydrogen-bond donors (Lipinski definition) is 3. The van der Waals surface area contributed by atoms with E-state index in [0.717, 1.165) is 0 Å². The Balaban J connectivity index is 2.08. The van der Waals surface area contributed by atoms with Gasteiger partial charge in [-0.1, -0.05) is 0 Å². The smallest absolute Gasteiger partial charge is 0.321 e. The van der Waals surface area contributed by atoms with E-state index in [-0.39, 0.29) is 24.4 Å². The molecule has 5 nitrogen and oxygen atoms in total. The second-order valence-corrected chi connectivity index (χ2v) is 4.61. The van der Waals surface area contributed by atoms with E-state index < -0.39 is 17.4 Å². The van der Waals surface area contributed by atoms with Crippen molar-refractivity contribution in [3.05, 3.63) is 0 Å². The Morgan fingerprint density at radius 3 is 1.79 bits per heavy atom. The molecule has 0 aromatic heterocycles. The highest BCUT2D eigenvalue weighted by atomic mass is 16.4. The maximum atomic E-state index is 10.8. The zero-order valence-electron chi connectivity index (χ0n) is 7.56. The molecule has 0 aliphatic heterocycles.